The first-order valence-electron chi connectivity index (χ1n) is 7.18. The molecule has 1 atom stereocenters. The van der Waals surface area contributed by atoms with E-state index in [9.17, 15) is 5.11 Å². The molecule has 1 aromatic carbocycles. The van der Waals surface area contributed by atoms with Crippen molar-refractivity contribution < 1.29 is 9.84 Å². The van der Waals surface area contributed by atoms with Crippen LogP contribution in [-0.2, 0) is 4.74 Å². The Bertz CT molecular complexity index is 542. The second-order valence-electron chi connectivity index (χ2n) is 5.63. The van der Waals surface area contributed by atoms with Crippen LogP contribution >= 0.6 is 11.3 Å². The Morgan fingerprint density at radius 1 is 1.35 bits per heavy atom. The Hall–Kier alpha value is -0.940. The van der Waals surface area contributed by atoms with Crippen LogP contribution in [0.4, 0.5) is 0 Å². The van der Waals surface area contributed by atoms with Gasteiger partial charge < -0.3 is 15.2 Å². The molecule has 3 rings (SSSR count). The van der Waals surface area contributed by atoms with Crippen molar-refractivity contribution in [2.45, 2.75) is 31.4 Å². The molecule has 0 bridgehead atoms. The summed E-state index contributed by atoms with van der Waals surface area (Å²) in [6.07, 6.45) is 1.44. The van der Waals surface area contributed by atoms with Crippen molar-refractivity contribution in [3.8, 4) is 0 Å². The lowest BCUT2D eigenvalue weighted by atomic mass is 9.94. The summed E-state index contributed by atoms with van der Waals surface area (Å²) in [6, 6.07) is 11.0. The molecule has 3 nitrogen and oxygen atoms in total. The van der Waals surface area contributed by atoms with E-state index in [1.165, 1.54) is 15.0 Å². The predicted molar refractivity (Wildman–Crippen MR) is 83.2 cm³/mol. The van der Waals surface area contributed by atoms with Crippen molar-refractivity contribution in [1.29, 1.82) is 0 Å². The lowest BCUT2D eigenvalue weighted by molar-refractivity contribution is -0.0625. The second kappa shape index (κ2) is 5.82. The van der Waals surface area contributed by atoms with Crippen LogP contribution in [0.3, 0.4) is 0 Å². The lowest BCUT2D eigenvalue weighted by Gasteiger charge is -2.33. The maximum atomic E-state index is 10.5. The van der Waals surface area contributed by atoms with Gasteiger partial charge in [0.05, 0.1) is 5.60 Å². The van der Waals surface area contributed by atoms with Crippen LogP contribution in [0.25, 0.3) is 10.1 Å². The van der Waals surface area contributed by atoms with Crippen LogP contribution in [0.5, 0.6) is 0 Å². The Morgan fingerprint density at radius 2 is 2.10 bits per heavy atom. The molecule has 1 aliphatic rings. The molecule has 0 amide bonds. The molecular formula is C16H21NO2S. The van der Waals surface area contributed by atoms with E-state index < -0.39 is 5.60 Å². The molecule has 1 saturated heterocycles. The normalized spacial score (nSPS) is 20.1. The minimum Gasteiger partial charge on any atom is -0.388 e. The first-order chi connectivity index (χ1) is 9.66. The first kappa shape index (κ1) is 14.0. The molecule has 0 aliphatic carbocycles. The van der Waals surface area contributed by atoms with E-state index in [0.717, 1.165) is 12.8 Å². The molecule has 20 heavy (non-hydrogen) atoms. The standard InChI is InChI=1S/C16H21NO2S/c1-12(17-11-16(18)6-8-19-9-7-16)15-10-13-4-2-3-5-14(13)20-15/h2-5,10,12,17-18H,6-9,11H2,1H3. The summed E-state index contributed by atoms with van der Waals surface area (Å²) in [6.45, 7) is 4.12. The number of thiophene rings is 1. The topological polar surface area (TPSA) is 41.5 Å². The maximum Gasteiger partial charge on any atom is 0.0815 e. The summed E-state index contributed by atoms with van der Waals surface area (Å²) < 4.78 is 6.63. The quantitative estimate of drug-likeness (QED) is 0.909. The fraction of sp³-hybridized carbons (Fsp3) is 0.500. The summed E-state index contributed by atoms with van der Waals surface area (Å²) in [5, 5.41) is 15.2. The monoisotopic (exact) mass is 291 g/mol. The number of hydrogen-bond acceptors (Lipinski definition) is 4. The minimum atomic E-state index is -0.608. The number of ether oxygens (including phenoxy) is 1. The highest BCUT2D eigenvalue weighted by Gasteiger charge is 2.30. The molecule has 0 saturated carbocycles. The van der Waals surface area contributed by atoms with Crippen molar-refractivity contribution >= 4 is 21.4 Å². The fourth-order valence-corrected chi connectivity index (χ4v) is 3.68. The van der Waals surface area contributed by atoms with Gasteiger partial charge in [-0.25, -0.2) is 0 Å². The van der Waals surface area contributed by atoms with Gasteiger partial charge in [0.2, 0.25) is 0 Å². The van der Waals surface area contributed by atoms with Crippen molar-refractivity contribution in [3.63, 3.8) is 0 Å². The number of rotatable bonds is 4. The number of nitrogens with one attached hydrogen (secondary N) is 1. The molecule has 0 radical (unpaired) electrons. The molecular weight excluding hydrogens is 270 g/mol. The van der Waals surface area contributed by atoms with Gasteiger partial charge in [0.25, 0.3) is 0 Å². The summed E-state index contributed by atoms with van der Waals surface area (Å²) in [7, 11) is 0. The van der Waals surface area contributed by atoms with Gasteiger partial charge in [0.15, 0.2) is 0 Å². The molecule has 1 aromatic heterocycles. The summed E-state index contributed by atoms with van der Waals surface area (Å²) in [5.41, 5.74) is -0.608. The Morgan fingerprint density at radius 3 is 2.85 bits per heavy atom. The van der Waals surface area contributed by atoms with Crippen molar-refractivity contribution in [2.24, 2.45) is 0 Å². The minimum absolute atomic E-state index is 0.263. The van der Waals surface area contributed by atoms with E-state index in [1.807, 2.05) is 11.3 Å². The van der Waals surface area contributed by atoms with Gasteiger partial charge in [-0.05, 0) is 24.4 Å². The average molecular weight is 291 g/mol. The van der Waals surface area contributed by atoms with Gasteiger partial charge >= 0.3 is 0 Å². The Balaban J connectivity index is 1.65. The van der Waals surface area contributed by atoms with E-state index in [-0.39, 0.29) is 6.04 Å². The maximum absolute atomic E-state index is 10.5. The zero-order valence-corrected chi connectivity index (χ0v) is 12.6. The van der Waals surface area contributed by atoms with E-state index in [0.29, 0.717) is 19.8 Å². The highest BCUT2D eigenvalue weighted by atomic mass is 32.1. The molecule has 2 heterocycles. The molecule has 108 valence electrons. The van der Waals surface area contributed by atoms with Gasteiger partial charge in [-0.1, -0.05) is 18.2 Å². The highest BCUT2D eigenvalue weighted by Crippen LogP contribution is 2.30. The molecule has 1 unspecified atom stereocenters. The van der Waals surface area contributed by atoms with E-state index >= 15 is 0 Å². The molecule has 1 fully saturated rings. The number of aliphatic hydroxyl groups is 1. The summed E-state index contributed by atoms with van der Waals surface area (Å²) in [5.74, 6) is 0. The largest absolute Gasteiger partial charge is 0.388 e. The van der Waals surface area contributed by atoms with Crippen molar-refractivity contribution in [1.82, 2.24) is 5.32 Å². The second-order valence-corrected chi connectivity index (χ2v) is 6.74. The van der Waals surface area contributed by atoms with Crippen LogP contribution in [-0.4, -0.2) is 30.5 Å². The molecule has 1 aliphatic heterocycles. The third kappa shape index (κ3) is 3.04. The van der Waals surface area contributed by atoms with Gasteiger partial charge in [-0.15, -0.1) is 11.3 Å². The molecule has 2 aromatic rings. The third-order valence-corrected chi connectivity index (χ3v) is 5.33. The van der Waals surface area contributed by atoms with Crippen LogP contribution in [0.2, 0.25) is 0 Å². The van der Waals surface area contributed by atoms with Crippen LogP contribution in [0, 0.1) is 0 Å². The first-order valence-corrected chi connectivity index (χ1v) is 8.00. The van der Waals surface area contributed by atoms with Gasteiger partial charge in [0, 0.05) is 48.2 Å². The van der Waals surface area contributed by atoms with E-state index in [4.69, 9.17) is 4.74 Å². The van der Waals surface area contributed by atoms with Gasteiger partial charge in [-0.2, -0.15) is 0 Å². The fourth-order valence-electron chi connectivity index (χ4n) is 2.59. The van der Waals surface area contributed by atoms with Crippen molar-refractivity contribution in [2.75, 3.05) is 19.8 Å². The SMILES string of the molecule is CC(NCC1(O)CCOCC1)c1cc2ccccc2s1. The summed E-state index contributed by atoms with van der Waals surface area (Å²) in [4.78, 5) is 1.32. The van der Waals surface area contributed by atoms with Gasteiger partial charge in [-0.3, -0.25) is 0 Å². The zero-order chi connectivity index (χ0) is 14.0. The Labute approximate surface area is 123 Å². The third-order valence-electron chi connectivity index (χ3n) is 4.03. The van der Waals surface area contributed by atoms with Crippen LogP contribution in [0.15, 0.2) is 30.3 Å². The van der Waals surface area contributed by atoms with E-state index in [1.54, 1.807) is 0 Å². The molecule has 2 N–H and O–H groups in total. The molecule has 0 spiro atoms. The van der Waals surface area contributed by atoms with Crippen LogP contribution < -0.4 is 5.32 Å². The lowest BCUT2D eigenvalue weighted by Crippen LogP contribution is -2.45. The average Bonchev–Trinajstić information content (AvgIpc) is 2.89. The summed E-state index contributed by atoms with van der Waals surface area (Å²) >= 11 is 1.82. The number of hydrogen-bond donors (Lipinski definition) is 2. The van der Waals surface area contributed by atoms with Gasteiger partial charge in [0.1, 0.15) is 0 Å². The zero-order valence-electron chi connectivity index (χ0n) is 11.8. The number of benzene rings is 1. The van der Waals surface area contributed by atoms with Crippen molar-refractivity contribution in [3.05, 3.63) is 35.2 Å². The Kier molecular flexibility index (Phi) is 4.08. The molecule has 4 heteroatoms. The predicted octanol–water partition coefficient (Wildman–Crippen LogP) is 3.09. The smallest absolute Gasteiger partial charge is 0.0815 e. The van der Waals surface area contributed by atoms with Crippen LogP contribution in [0.1, 0.15) is 30.7 Å². The van der Waals surface area contributed by atoms with E-state index in [2.05, 4.69) is 42.6 Å². The number of fused-ring (bicyclic) bond motifs is 1. The highest BCUT2D eigenvalue weighted by molar-refractivity contribution is 7.19.